The molecule has 5 nitrogen and oxygen atoms in total. The largest absolute Gasteiger partial charge is 0.356 e. The molecule has 2 heterocycles. The highest BCUT2D eigenvalue weighted by Crippen LogP contribution is 2.10. The first kappa shape index (κ1) is 20.6. The van der Waals surface area contributed by atoms with E-state index in [4.69, 9.17) is 0 Å². The summed E-state index contributed by atoms with van der Waals surface area (Å²) in [5, 5.41) is 10.1. The first-order valence-electron chi connectivity index (χ1n) is 8.42. The van der Waals surface area contributed by atoms with Crippen LogP contribution in [0.15, 0.2) is 10.4 Å². The summed E-state index contributed by atoms with van der Waals surface area (Å²) in [7, 11) is 1.83. The summed E-state index contributed by atoms with van der Waals surface area (Å²) in [6, 6.07) is 0. The predicted octanol–water partition coefficient (Wildman–Crippen LogP) is 2.52. The van der Waals surface area contributed by atoms with Gasteiger partial charge < -0.3 is 15.5 Å². The fraction of sp³-hybridized carbons (Fsp3) is 0.750. The molecular formula is C16H30IN5S. The maximum absolute atomic E-state index is 4.59. The van der Waals surface area contributed by atoms with Gasteiger partial charge in [-0.05, 0) is 32.4 Å². The second-order valence-corrected chi connectivity index (χ2v) is 6.61. The van der Waals surface area contributed by atoms with Gasteiger partial charge in [-0.25, -0.2) is 4.98 Å². The van der Waals surface area contributed by atoms with Crippen molar-refractivity contribution < 1.29 is 0 Å². The van der Waals surface area contributed by atoms with Crippen LogP contribution in [0.2, 0.25) is 0 Å². The molecule has 132 valence electrons. The lowest BCUT2D eigenvalue weighted by molar-refractivity contribution is 0.232. The van der Waals surface area contributed by atoms with E-state index in [0.717, 1.165) is 38.4 Å². The van der Waals surface area contributed by atoms with Crippen molar-refractivity contribution in [2.45, 2.75) is 39.0 Å². The van der Waals surface area contributed by atoms with Gasteiger partial charge in [-0.3, -0.25) is 4.99 Å². The van der Waals surface area contributed by atoms with Gasteiger partial charge in [0.05, 0.1) is 10.7 Å². The molecule has 0 amide bonds. The summed E-state index contributed by atoms with van der Waals surface area (Å²) in [6.45, 7) is 7.57. The summed E-state index contributed by atoms with van der Waals surface area (Å²) in [5.74, 6) is 0.892. The minimum absolute atomic E-state index is 0. The average molecular weight is 451 g/mol. The van der Waals surface area contributed by atoms with Crippen LogP contribution >= 0.6 is 35.3 Å². The van der Waals surface area contributed by atoms with Crippen molar-refractivity contribution in [1.29, 1.82) is 0 Å². The zero-order valence-electron chi connectivity index (χ0n) is 14.3. The molecule has 0 aliphatic carbocycles. The molecule has 23 heavy (non-hydrogen) atoms. The quantitative estimate of drug-likeness (QED) is 0.380. The summed E-state index contributed by atoms with van der Waals surface area (Å²) in [6.07, 6.45) is 6.06. The number of halogens is 1. The van der Waals surface area contributed by atoms with Gasteiger partial charge in [0.1, 0.15) is 0 Å². The zero-order valence-corrected chi connectivity index (χ0v) is 17.5. The van der Waals surface area contributed by atoms with Gasteiger partial charge in [0, 0.05) is 38.5 Å². The highest BCUT2D eigenvalue weighted by molar-refractivity contribution is 14.0. The van der Waals surface area contributed by atoms with Gasteiger partial charge >= 0.3 is 0 Å². The highest BCUT2D eigenvalue weighted by Gasteiger charge is 2.09. The molecule has 0 atom stereocenters. The Balaban J connectivity index is 0.00000264. The lowest BCUT2D eigenvalue weighted by Crippen LogP contribution is -2.43. The monoisotopic (exact) mass is 451 g/mol. The summed E-state index contributed by atoms with van der Waals surface area (Å²) in [4.78, 5) is 11.4. The third kappa shape index (κ3) is 7.80. The highest BCUT2D eigenvalue weighted by atomic mass is 127. The van der Waals surface area contributed by atoms with Crippen LogP contribution in [0.1, 0.15) is 36.9 Å². The molecule has 1 aliphatic heterocycles. The van der Waals surface area contributed by atoms with Gasteiger partial charge in [0.15, 0.2) is 5.96 Å². The van der Waals surface area contributed by atoms with Gasteiger partial charge in [-0.1, -0.05) is 13.3 Å². The molecule has 0 unspecified atom stereocenters. The van der Waals surface area contributed by atoms with E-state index in [9.17, 15) is 0 Å². The van der Waals surface area contributed by atoms with Gasteiger partial charge in [0.2, 0.25) is 0 Å². The lowest BCUT2D eigenvalue weighted by Gasteiger charge is -2.26. The van der Waals surface area contributed by atoms with Gasteiger partial charge in [-0.2, -0.15) is 0 Å². The molecule has 1 aromatic rings. The van der Waals surface area contributed by atoms with Crippen molar-refractivity contribution in [3.63, 3.8) is 0 Å². The number of piperidine rings is 1. The molecule has 0 spiro atoms. The smallest absolute Gasteiger partial charge is 0.191 e. The molecule has 1 aliphatic rings. The summed E-state index contributed by atoms with van der Waals surface area (Å²) < 4.78 is 0. The fourth-order valence-electron chi connectivity index (χ4n) is 2.67. The number of aromatic nitrogens is 1. The first-order valence-corrected chi connectivity index (χ1v) is 9.30. The maximum Gasteiger partial charge on any atom is 0.191 e. The van der Waals surface area contributed by atoms with Crippen LogP contribution in [0.4, 0.5) is 0 Å². The fourth-order valence-corrected chi connectivity index (χ4v) is 3.45. The standard InChI is InChI=1S/C16H29N5S.HI/c1-3-15-20-14(13-22-15)7-8-18-16(17-2)19-9-12-21-10-5-4-6-11-21;/h13H,3-12H2,1-2H3,(H2,17,18,19);1H. The van der Waals surface area contributed by atoms with Crippen LogP contribution in [-0.4, -0.2) is 55.6 Å². The van der Waals surface area contributed by atoms with E-state index < -0.39 is 0 Å². The number of aliphatic imine (C=N–C) groups is 1. The van der Waals surface area contributed by atoms with Crippen LogP contribution in [0.3, 0.4) is 0 Å². The first-order chi connectivity index (χ1) is 10.8. The number of hydrogen-bond donors (Lipinski definition) is 2. The van der Waals surface area contributed by atoms with Crippen molar-refractivity contribution in [2.24, 2.45) is 4.99 Å². The van der Waals surface area contributed by atoms with Crippen molar-refractivity contribution in [3.05, 3.63) is 16.1 Å². The molecule has 1 fully saturated rings. The van der Waals surface area contributed by atoms with E-state index in [0.29, 0.717) is 0 Å². The number of hydrogen-bond acceptors (Lipinski definition) is 4. The van der Waals surface area contributed by atoms with Crippen molar-refractivity contribution in [3.8, 4) is 0 Å². The molecule has 0 aromatic carbocycles. The molecule has 0 radical (unpaired) electrons. The van der Waals surface area contributed by atoms with E-state index in [1.54, 1.807) is 11.3 Å². The van der Waals surface area contributed by atoms with E-state index in [-0.39, 0.29) is 24.0 Å². The van der Waals surface area contributed by atoms with Crippen LogP contribution < -0.4 is 10.6 Å². The van der Waals surface area contributed by atoms with E-state index >= 15 is 0 Å². The van der Waals surface area contributed by atoms with E-state index in [1.165, 1.54) is 43.1 Å². The van der Waals surface area contributed by atoms with E-state index in [2.05, 4.69) is 37.8 Å². The second-order valence-electron chi connectivity index (χ2n) is 5.66. The Morgan fingerprint density at radius 2 is 2.00 bits per heavy atom. The third-order valence-electron chi connectivity index (χ3n) is 3.97. The van der Waals surface area contributed by atoms with Crippen molar-refractivity contribution in [2.75, 3.05) is 39.8 Å². The molecule has 0 saturated carbocycles. The number of aryl methyl sites for hydroxylation is 1. The molecule has 2 N–H and O–H groups in total. The number of nitrogens with zero attached hydrogens (tertiary/aromatic N) is 3. The van der Waals surface area contributed by atoms with Crippen LogP contribution in [0.5, 0.6) is 0 Å². The predicted molar refractivity (Wildman–Crippen MR) is 110 cm³/mol. The summed E-state index contributed by atoms with van der Waals surface area (Å²) in [5.41, 5.74) is 1.18. The SMILES string of the molecule is CCc1nc(CCNC(=NC)NCCN2CCCCC2)cs1.I. The molecular weight excluding hydrogens is 421 g/mol. The molecule has 1 saturated heterocycles. The average Bonchev–Trinajstić information content (AvgIpc) is 3.02. The van der Waals surface area contributed by atoms with Gasteiger partial charge in [-0.15, -0.1) is 35.3 Å². The van der Waals surface area contributed by atoms with Crippen LogP contribution in [0, 0.1) is 0 Å². The Hall–Kier alpha value is -0.410. The lowest BCUT2D eigenvalue weighted by atomic mass is 10.1. The Kier molecular flexibility index (Phi) is 10.8. The molecule has 0 bridgehead atoms. The Morgan fingerprint density at radius 1 is 1.26 bits per heavy atom. The normalized spacial score (nSPS) is 16.0. The number of guanidine groups is 1. The second kappa shape index (κ2) is 12.0. The number of thiazole rings is 1. The molecule has 2 rings (SSSR count). The Labute approximate surface area is 161 Å². The van der Waals surface area contributed by atoms with Crippen molar-refractivity contribution in [1.82, 2.24) is 20.5 Å². The van der Waals surface area contributed by atoms with Gasteiger partial charge in [0.25, 0.3) is 0 Å². The number of nitrogens with one attached hydrogen (secondary N) is 2. The molecule has 7 heteroatoms. The van der Waals surface area contributed by atoms with Crippen LogP contribution in [0.25, 0.3) is 0 Å². The Bertz CT molecular complexity index is 457. The number of rotatable bonds is 7. The summed E-state index contributed by atoms with van der Waals surface area (Å²) >= 11 is 1.75. The topological polar surface area (TPSA) is 52.6 Å². The number of likely N-dealkylation sites (tertiary alicyclic amines) is 1. The minimum atomic E-state index is 0. The third-order valence-corrected chi connectivity index (χ3v) is 5.01. The maximum atomic E-state index is 4.59. The zero-order chi connectivity index (χ0) is 15.6. The minimum Gasteiger partial charge on any atom is -0.356 e. The van der Waals surface area contributed by atoms with E-state index in [1.807, 2.05) is 7.05 Å². The van der Waals surface area contributed by atoms with Crippen molar-refractivity contribution >= 4 is 41.3 Å². The molecule has 1 aromatic heterocycles. The van der Waals surface area contributed by atoms with Crippen LogP contribution in [-0.2, 0) is 12.8 Å². The Morgan fingerprint density at radius 3 is 2.65 bits per heavy atom.